The highest BCUT2D eigenvalue weighted by atomic mass is 16.3. The van der Waals surface area contributed by atoms with Gasteiger partial charge in [0.05, 0.1) is 16.4 Å². The van der Waals surface area contributed by atoms with Crippen molar-refractivity contribution >= 4 is 81.8 Å². The van der Waals surface area contributed by atoms with E-state index in [4.69, 9.17) is 9.40 Å². The van der Waals surface area contributed by atoms with Crippen LogP contribution in [0.15, 0.2) is 138 Å². The SMILES string of the molecule is c1cc2cc(c1)c1cccc3c4cccc(c4oc13)c1nc3ccccc3n1c1cccc(c1)c1ccccc21. The highest BCUT2D eigenvalue weighted by molar-refractivity contribution is 6.19. The molecule has 0 aliphatic carbocycles. The molecular formula is C37H22N2O. The molecule has 0 aliphatic heterocycles. The van der Waals surface area contributed by atoms with Crippen LogP contribution in [0.5, 0.6) is 0 Å². The molecule has 0 saturated carbocycles. The minimum atomic E-state index is 0.854. The maximum absolute atomic E-state index is 6.81. The Morgan fingerprint density at radius 1 is 0.450 bits per heavy atom. The van der Waals surface area contributed by atoms with Crippen molar-refractivity contribution < 1.29 is 4.42 Å². The lowest BCUT2D eigenvalue weighted by molar-refractivity contribution is 0.676. The van der Waals surface area contributed by atoms with E-state index in [1.54, 1.807) is 0 Å². The zero-order valence-corrected chi connectivity index (χ0v) is 21.5. The second kappa shape index (κ2) is 8.05. The zero-order valence-electron chi connectivity index (χ0n) is 21.5. The molecule has 3 heteroatoms. The molecule has 0 fully saturated rings. The van der Waals surface area contributed by atoms with Crippen molar-refractivity contribution in [3.05, 3.63) is 133 Å². The van der Waals surface area contributed by atoms with Gasteiger partial charge in [-0.25, -0.2) is 4.98 Å². The lowest BCUT2D eigenvalue weighted by Gasteiger charge is -2.03. The number of furan rings is 1. The average molecular weight is 511 g/mol. The monoisotopic (exact) mass is 510 g/mol. The molecule has 3 heterocycles. The Labute approximate surface area is 228 Å². The number of nitrogens with zero attached hydrogens (tertiary/aromatic N) is 2. The van der Waals surface area contributed by atoms with Crippen LogP contribution < -0.4 is 0 Å². The largest absolute Gasteiger partial charge is 0.455 e. The van der Waals surface area contributed by atoms with Gasteiger partial charge in [0.2, 0.25) is 0 Å². The first-order valence-corrected chi connectivity index (χ1v) is 13.6. The Morgan fingerprint density at radius 2 is 1.00 bits per heavy atom. The van der Waals surface area contributed by atoms with Gasteiger partial charge >= 0.3 is 0 Å². The Bertz CT molecular complexity index is 2550. The number of benzene rings is 6. The first-order chi connectivity index (χ1) is 19.8. The van der Waals surface area contributed by atoms with Gasteiger partial charge in [0.15, 0.2) is 0 Å². The summed E-state index contributed by atoms with van der Waals surface area (Å²) >= 11 is 0. The maximum Gasteiger partial charge on any atom is 0.149 e. The van der Waals surface area contributed by atoms with E-state index in [1.165, 1.54) is 16.2 Å². The molecule has 0 amide bonds. The molecule has 0 aliphatic rings. The zero-order chi connectivity index (χ0) is 26.2. The lowest BCUT2D eigenvalue weighted by Crippen LogP contribution is -1.86. The number of imidazole rings is 1. The van der Waals surface area contributed by atoms with Crippen molar-refractivity contribution in [3.8, 4) is 0 Å². The standard InChI is InChI=1S/C37H22N2O/c1-2-14-28-25-11-6-12-26(22-25)39-34-20-4-3-19-33(34)38-37(39)32-18-8-17-31-30-16-7-15-29(35(30)40-36(31)32)24-10-5-9-23(21-24)27(28)13-1/h1-22H. The Kier molecular flexibility index (Phi) is 4.33. The highest BCUT2D eigenvalue weighted by Crippen LogP contribution is 2.37. The molecule has 40 heavy (non-hydrogen) atoms. The van der Waals surface area contributed by atoms with E-state index in [2.05, 4.69) is 132 Å². The van der Waals surface area contributed by atoms with Crippen LogP contribution in [0.4, 0.5) is 0 Å². The Morgan fingerprint density at radius 3 is 1.80 bits per heavy atom. The van der Waals surface area contributed by atoms with Gasteiger partial charge in [0, 0.05) is 21.7 Å². The third-order valence-electron chi connectivity index (χ3n) is 8.15. The van der Waals surface area contributed by atoms with E-state index in [0.29, 0.717) is 0 Å². The van der Waals surface area contributed by atoms with Crippen molar-refractivity contribution in [3.63, 3.8) is 0 Å². The highest BCUT2D eigenvalue weighted by Gasteiger charge is 2.14. The Hall–Kier alpha value is -5.41. The van der Waals surface area contributed by atoms with Gasteiger partial charge in [0.1, 0.15) is 16.8 Å². The molecule has 6 bridgehead atoms. The van der Waals surface area contributed by atoms with Gasteiger partial charge in [-0.1, -0.05) is 97.1 Å². The van der Waals surface area contributed by atoms with Crippen LogP contribution in [0.3, 0.4) is 0 Å². The molecule has 0 spiro atoms. The molecule has 9 rings (SSSR count). The predicted octanol–water partition coefficient (Wildman–Crippen LogP) is 10.1. The summed E-state index contributed by atoms with van der Waals surface area (Å²) in [5.74, 6) is 0. The summed E-state index contributed by atoms with van der Waals surface area (Å²) < 4.78 is 9.08. The van der Waals surface area contributed by atoms with Gasteiger partial charge in [-0.2, -0.15) is 0 Å². The number of aromatic nitrogens is 2. The van der Waals surface area contributed by atoms with Crippen molar-refractivity contribution in [2.24, 2.45) is 0 Å². The predicted molar refractivity (Wildman–Crippen MR) is 168 cm³/mol. The van der Waals surface area contributed by atoms with Crippen LogP contribution in [0.1, 0.15) is 0 Å². The van der Waals surface area contributed by atoms with Crippen molar-refractivity contribution in [2.75, 3.05) is 0 Å². The summed E-state index contributed by atoms with van der Waals surface area (Å²) in [4.78, 5) is 5.18. The fraction of sp³-hybridized carbons (Fsp3) is 0. The molecule has 0 atom stereocenters. The normalized spacial score (nSPS) is 12.0. The second-order valence-electron chi connectivity index (χ2n) is 10.4. The number of hydrogen-bond acceptors (Lipinski definition) is 2. The second-order valence-corrected chi connectivity index (χ2v) is 10.4. The first kappa shape index (κ1) is 21.5. The number of hydrogen-bond donors (Lipinski definition) is 0. The molecule has 6 aromatic carbocycles. The molecule has 0 saturated heterocycles. The van der Waals surface area contributed by atoms with E-state index in [1.807, 2.05) is 6.07 Å². The third kappa shape index (κ3) is 2.97. The summed E-state index contributed by atoms with van der Waals surface area (Å²) in [6, 6.07) is 47.4. The summed E-state index contributed by atoms with van der Waals surface area (Å²) in [5, 5.41) is 10.1. The lowest BCUT2D eigenvalue weighted by atomic mass is 10.0. The number of rotatable bonds is 0. The van der Waals surface area contributed by atoms with E-state index in [0.717, 1.165) is 65.7 Å². The minimum absolute atomic E-state index is 0.854. The molecule has 3 aromatic heterocycles. The van der Waals surface area contributed by atoms with Gasteiger partial charge in [-0.15, -0.1) is 0 Å². The van der Waals surface area contributed by atoms with Gasteiger partial charge in [-0.05, 0) is 63.3 Å². The Balaban J connectivity index is 1.68. The van der Waals surface area contributed by atoms with Crippen LogP contribution in [-0.2, 0) is 0 Å². The first-order valence-electron chi connectivity index (χ1n) is 13.6. The van der Waals surface area contributed by atoms with Gasteiger partial charge < -0.3 is 4.42 Å². The van der Waals surface area contributed by atoms with Crippen molar-refractivity contribution in [1.29, 1.82) is 0 Å². The minimum Gasteiger partial charge on any atom is -0.455 e. The summed E-state index contributed by atoms with van der Waals surface area (Å²) in [6.07, 6.45) is 0. The van der Waals surface area contributed by atoms with E-state index in [9.17, 15) is 0 Å². The maximum atomic E-state index is 6.81. The van der Waals surface area contributed by atoms with Crippen LogP contribution in [-0.4, -0.2) is 9.38 Å². The van der Waals surface area contributed by atoms with Crippen LogP contribution >= 0.6 is 0 Å². The average Bonchev–Trinajstić information content (AvgIpc) is 3.60. The molecule has 0 radical (unpaired) electrons. The fourth-order valence-electron chi connectivity index (χ4n) is 6.34. The summed E-state index contributed by atoms with van der Waals surface area (Å²) in [5.41, 5.74) is 5.70. The molecule has 186 valence electrons. The quantitative estimate of drug-likeness (QED) is 0.203. The van der Waals surface area contributed by atoms with Crippen LogP contribution in [0.25, 0.3) is 81.8 Å². The number of para-hydroxylation sites is 4. The summed E-state index contributed by atoms with van der Waals surface area (Å²) in [7, 11) is 0. The topological polar surface area (TPSA) is 30.4 Å². The van der Waals surface area contributed by atoms with E-state index < -0.39 is 0 Å². The van der Waals surface area contributed by atoms with E-state index >= 15 is 0 Å². The molecule has 9 aromatic rings. The molecule has 0 N–H and O–H groups in total. The van der Waals surface area contributed by atoms with Crippen LogP contribution in [0, 0.1) is 0 Å². The third-order valence-corrected chi connectivity index (χ3v) is 8.15. The van der Waals surface area contributed by atoms with Gasteiger partial charge in [0.25, 0.3) is 0 Å². The van der Waals surface area contributed by atoms with Gasteiger partial charge in [-0.3, -0.25) is 4.40 Å². The van der Waals surface area contributed by atoms with Crippen molar-refractivity contribution in [2.45, 2.75) is 0 Å². The molecule has 0 unspecified atom stereocenters. The smallest absolute Gasteiger partial charge is 0.149 e. The molecular weight excluding hydrogens is 488 g/mol. The summed E-state index contributed by atoms with van der Waals surface area (Å²) in [6.45, 7) is 0. The fourth-order valence-corrected chi connectivity index (χ4v) is 6.34. The van der Waals surface area contributed by atoms with Crippen molar-refractivity contribution in [1.82, 2.24) is 9.38 Å². The molecule has 3 nitrogen and oxygen atoms in total. The van der Waals surface area contributed by atoms with E-state index in [-0.39, 0.29) is 0 Å². The number of fused-ring (bicyclic) bond motifs is 14. The van der Waals surface area contributed by atoms with Crippen LogP contribution in [0.2, 0.25) is 0 Å².